The van der Waals surface area contributed by atoms with Gasteiger partial charge in [-0.1, -0.05) is 38.1 Å². The maximum Gasteiger partial charge on any atom is 0.225 e. The van der Waals surface area contributed by atoms with E-state index in [2.05, 4.69) is 27.8 Å². The fraction of sp³-hybridized carbons (Fsp3) is 0.591. The van der Waals surface area contributed by atoms with Crippen molar-refractivity contribution < 1.29 is 9.59 Å². The maximum atomic E-state index is 12.2. The molecule has 2 saturated heterocycles. The molecule has 2 N–H and O–H groups in total. The van der Waals surface area contributed by atoms with Crippen molar-refractivity contribution in [1.82, 2.24) is 20.4 Å². The van der Waals surface area contributed by atoms with Crippen LogP contribution >= 0.6 is 0 Å². The Kier molecular flexibility index (Phi) is 7.12. The molecule has 1 aromatic carbocycles. The molecule has 29 heavy (non-hydrogen) atoms. The van der Waals surface area contributed by atoms with Gasteiger partial charge in [0.1, 0.15) is 0 Å². The second kappa shape index (κ2) is 9.76. The first-order chi connectivity index (χ1) is 14.0. The number of nitrogens with zero attached hydrogens (tertiary/aromatic N) is 3. The van der Waals surface area contributed by atoms with E-state index in [0.29, 0.717) is 26.1 Å². The second-order valence-corrected chi connectivity index (χ2v) is 8.18. The first kappa shape index (κ1) is 21.1. The van der Waals surface area contributed by atoms with Crippen molar-refractivity contribution in [2.45, 2.75) is 52.2 Å². The highest BCUT2D eigenvalue weighted by Gasteiger charge is 2.28. The van der Waals surface area contributed by atoms with Gasteiger partial charge in [0.15, 0.2) is 5.96 Å². The number of guanidine groups is 1. The van der Waals surface area contributed by atoms with Crippen LogP contribution in [0.1, 0.15) is 44.2 Å². The summed E-state index contributed by atoms with van der Waals surface area (Å²) in [7, 11) is 1.76. The predicted molar refractivity (Wildman–Crippen MR) is 114 cm³/mol. The summed E-state index contributed by atoms with van der Waals surface area (Å²) in [6.45, 7) is 7.53. The minimum atomic E-state index is 0.0326. The Morgan fingerprint density at radius 2 is 2.00 bits per heavy atom. The molecule has 1 atom stereocenters. The average Bonchev–Trinajstić information content (AvgIpc) is 3.34. The smallest absolute Gasteiger partial charge is 0.225 e. The van der Waals surface area contributed by atoms with Crippen molar-refractivity contribution in [2.75, 3.05) is 26.7 Å². The largest absolute Gasteiger partial charge is 0.352 e. The third-order valence-electron chi connectivity index (χ3n) is 5.66. The number of hydrogen-bond donors (Lipinski definition) is 2. The molecule has 2 aliphatic rings. The third-order valence-corrected chi connectivity index (χ3v) is 5.66. The van der Waals surface area contributed by atoms with E-state index in [1.54, 1.807) is 7.05 Å². The lowest BCUT2D eigenvalue weighted by molar-refractivity contribution is -0.133. The molecule has 2 amide bonds. The van der Waals surface area contributed by atoms with E-state index in [0.717, 1.165) is 37.5 Å². The molecule has 0 saturated carbocycles. The number of carbonyl (C=O) groups excluding carboxylic acids is 2. The summed E-state index contributed by atoms with van der Waals surface area (Å²) in [4.78, 5) is 32.4. The molecule has 0 aromatic heterocycles. The van der Waals surface area contributed by atoms with Crippen LogP contribution in [0.3, 0.4) is 0 Å². The van der Waals surface area contributed by atoms with Gasteiger partial charge in [-0.05, 0) is 24.0 Å². The second-order valence-electron chi connectivity index (χ2n) is 8.18. The van der Waals surface area contributed by atoms with Gasteiger partial charge in [0.05, 0.1) is 0 Å². The molecule has 0 bridgehead atoms. The van der Waals surface area contributed by atoms with Crippen LogP contribution in [0.25, 0.3) is 0 Å². The summed E-state index contributed by atoms with van der Waals surface area (Å²) in [6.07, 6.45) is 2.54. The number of rotatable bonds is 6. The quantitative estimate of drug-likeness (QED) is 0.564. The van der Waals surface area contributed by atoms with E-state index in [1.165, 1.54) is 5.56 Å². The molecule has 0 radical (unpaired) electrons. The fourth-order valence-electron chi connectivity index (χ4n) is 3.97. The summed E-state index contributed by atoms with van der Waals surface area (Å²) >= 11 is 0. The minimum Gasteiger partial charge on any atom is -0.352 e. The lowest BCUT2D eigenvalue weighted by atomic mass is 10.1. The number of nitrogens with one attached hydrogen (secondary N) is 2. The molecular weight excluding hydrogens is 366 g/mol. The van der Waals surface area contributed by atoms with Crippen LogP contribution < -0.4 is 10.6 Å². The highest BCUT2D eigenvalue weighted by molar-refractivity contribution is 5.81. The molecule has 2 aliphatic heterocycles. The van der Waals surface area contributed by atoms with E-state index in [4.69, 9.17) is 0 Å². The molecule has 2 fully saturated rings. The fourth-order valence-corrected chi connectivity index (χ4v) is 3.97. The lowest BCUT2D eigenvalue weighted by Crippen LogP contribution is -2.45. The molecule has 0 spiro atoms. The Balaban J connectivity index is 1.54. The monoisotopic (exact) mass is 399 g/mol. The molecular formula is C22H33N5O2. The van der Waals surface area contributed by atoms with Crippen LogP contribution in [0.4, 0.5) is 0 Å². The number of amides is 2. The summed E-state index contributed by atoms with van der Waals surface area (Å²) < 4.78 is 0. The van der Waals surface area contributed by atoms with Gasteiger partial charge in [-0.3, -0.25) is 14.6 Å². The van der Waals surface area contributed by atoms with Gasteiger partial charge in [-0.2, -0.15) is 0 Å². The van der Waals surface area contributed by atoms with Gasteiger partial charge in [0, 0.05) is 58.2 Å². The number of carbonyl (C=O) groups is 2. The van der Waals surface area contributed by atoms with Crippen molar-refractivity contribution in [2.24, 2.45) is 10.9 Å². The molecule has 2 heterocycles. The summed E-state index contributed by atoms with van der Waals surface area (Å²) in [5.74, 6) is 1.22. The van der Waals surface area contributed by atoms with Crippen molar-refractivity contribution >= 4 is 17.8 Å². The molecule has 7 nitrogen and oxygen atoms in total. The van der Waals surface area contributed by atoms with E-state index >= 15 is 0 Å². The zero-order chi connectivity index (χ0) is 20.8. The van der Waals surface area contributed by atoms with Gasteiger partial charge in [0.25, 0.3) is 0 Å². The Labute approximate surface area is 173 Å². The van der Waals surface area contributed by atoms with Crippen LogP contribution in [0.5, 0.6) is 0 Å². The van der Waals surface area contributed by atoms with Crippen LogP contribution in [0, 0.1) is 5.92 Å². The van der Waals surface area contributed by atoms with E-state index in [1.807, 2.05) is 35.8 Å². The maximum absolute atomic E-state index is 12.2. The zero-order valence-electron chi connectivity index (χ0n) is 17.8. The molecule has 0 aliphatic carbocycles. The van der Waals surface area contributed by atoms with Crippen LogP contribution in [-0.2, 0) is 22.7 Å². The highest BCUT2D eigenvalue weighted by Crippen LogP contribution is 2.17. The number of hydrogen-bond acceptors (Lipinski definition) is 3. The van der Waals surface area contributed by atoms with Crippen LogP contribution in [0.15, 0.2) is 29.3 Å². The first-order valence-electron chi connectivity index (χ1n) is 10.6. The zero-order valence-corrected chi connectivity index (χ0v) is 17.8. The Morgan fingerprint density at radius 1 is 1.24 bits per heavy atom. The van der Waals surface area contributed by atoms with Crippen LogP contribution in [0.2, 0.25) is 0 Å². The topological polar surface area (TPSA) is 77.0 Å². The molecule has 1 unspecified atom stereocenters. The highest BCUT2D eigenvalue weighted by atomic mass is 16.2. The molecule has 158 valence electrons. The number of benzene rings is 1. The standard InChI is InChI=1S/C22H33N5O2/c1-16(2)21(29)27-12-10-19(15-27)25-22(23-3)24-13-17-7-4-5-8-18(17)14-26-11-6-9-20(26)28/h4-5,7-8,16,19H,6,9-15H2,1-3H3,(H2,23,24,25). The third kappa shape index (κ3) is 5.49. The lowest BCUT2D eigenvalue weighted by Gasteiger charge is -2.21. The normalized spacial score (nSPS) is 19.9. The van der Waals surface area contributed by atoms with Crippen molar-refractivity contribution in [3.05, 3.63) is 35.4 Å². The first-order valence-corrected chi connectivity index (χ1v) is 10.6. The van der Waals surface area contributed by atoms with Gasteiger partial charge in [-0.25, -0.2) is 0 Å². The van der Waals surface area contributed by atoms with Gasteiger partial charge in [-0.15, -0.1) is 0 Å². The summed E-state index contributed by atoms with van der Waals surface area (Å²) in [5.41, 5.74) is 2.33. The molecule has 3 rings (SSSR count). The summed E-state index contributed by atoms with van der Waals surface area (Å²) in [6, 6.07) is 8.43. The minimum absolute atomic E-state index is 0.0326. The van der Waals surface area contributed by atoms with Crippen LogP contribution in [-0.4, -0.2) is 60.3 Å². The number of aliphatic imine (C=N–C) groups is 1. The Hall–Kier alpha value is -2.57. The van der Waals surface area contributed by atoms with Crippen molar-refractivity contribution in [3.63, 3.8) is 0 Å². The van der Waals surface area contributed by atoms with E-state index in [9.17, 15) is 9.59 Å². The summed E-state index contributed by atoms with van der Waals surface area (Å²) in [5, 5.41) is 6.83. The predicted octanol–water partition coefficient (Wildman–Crippen LogP) is 1.73. The molecule has 1 aromatic rings. The van der Waals surface area contributed by atoms with E-state index in [-0.39, 0.29) is 23.8 Å². The van der Waals surface area contributed by atoms with E-state index < -0.39 is 0 Å². The van der Waals surface area contributed by atoms with Gasteiger partial charge >= 0.3 is 0 Å². The van der Waals surface area contributed by atoms with Crippen molar-refractivity contribution in [3.8, 4) is 0 Å². The van der Waals surface area contributed by atoms with Gasteiger partial charge in [0.2, 0.25) is 11.8 Å². The SMILES string of the molecule is CN=C(NCc1ccccc1CN1CCCC1=O)NC1CCN(C(=O)C(C)C)C1. The Bertz CT molecular complexity index is 761. The molecule has 7 heteroatoms. The average molecular weight is 400 g/mol. The van der Waals surface area contributed by atoms with Gasteiger partial charge < -0.3 is 20.4 Å². The Morgan fingerprint density at radius 3 is 2.66 bits per heavy atom. The van der Waals surface area contributed by atoms with Crippen molar-refractivity contribution in [1.29, 1.82) is 0 Å². The number of likely N-dealkylation sites (tertiary alicyclic amines) is 2.